The number of esters is 1. The van der Waals surface area contributed by atoms with Crippen molar-refractivity contribution in [3.8, 4) is 0 Å². The Labute approximate surface area is 397 Å². The van der Waals surface area contributed by atoms with E-state index < -0.39 is 45.1 Å². The molecule has 0 bridgehead atoms. The lowest BCUT2D eigenvalue weighted by molar-refractivity contribution is -0.154. The Morgan fingerprint density at radius 3 is 1.35 bits per heavy atom. The first-order chi connectivity index (χ1) is 31.7. The molecule has 0 aliphatic rings. The summed E-state index contributed by atoms with van der Waals surface area (Å²) in [6.45, 7) is 3.62. The summed E-state index contributed by atoms with van der Waals surface area (Å²) in [5.41, 5.74) is 5.37. The molecule has 0 fully saturated rings. The zero-order valence-corrected chi connectivity index (χ0v) is 42.0. The van der Waals surface area contributed by atoms with Crippen LogP contribution in [0.3, 0.4) is 0 Å². The second kappa shape index (κ2) is 49.1. The van der Waals surface area contributed by atoms with E-state index in [4.69, 9.17) is 29.4 Å². The quantitative estimate of drug-likeness (QED) is 0.0232. The van der Waals surface area contributed by atoms with Gasteiger partial charge in [-0.2, -0.15) is 0 Å². The van der Waals surface area contributed by atoms with E-state index in [9.17, 15) is 19.0 Å². The number of phosphoric ester groups is 1. The van der Waals surface area contributed by atoms with Crippen LogP contribution in [-0.2, 0) is 32.7 Å². The number of carboxylic acids is 1. The van der Waals surface area contributed by atoms with E-state index in [2.05, 4.69) is 98.9 Å². The standard InChI is InChI=1S/C54H94NO9P/c1-3-5-7-9-11-13-15-17-19-21-23-25-26-27-28-30-32-34-36-38-40-42-44-46-53(56)64-51(49-62-65(59,60)63-50-52(55)54(57)58)48-61-47-45-43-41-39-37-35-33-31-29-24-22-20-18-16-14-12-10-8-6-4-2/h6,8,12,14,18,20-21,23-24,29,33,35,39,41,51-52H,3-5,7,9-11,13,15-17,19,22,25-28,30-32,34,36-38,40,42-50,55H2,1-2H3,(H,57,58)(H,59,60)/b8-6-,14-12-,20-18-,23-21-,29-24-,35-33-,41-39-. The number of carbonyl (C=O) groups is 2. The summed E-state index contributed by atoms with van der Waals surface area (Å²) in [4.78, 5) is 33.7. The van der Waals surface area contributed by atoms with Crippen LogP contribution in [0.2, 0.25) is 0 Å². The minimum atomic E-state index is -4.64. The molecule has 0 radical (unpaired) electrons. The number of phosphoric acid groups is 1. The van der Waals surface area contributed by atoms with Crippen molar-refractivity contribution in [3.63, 3.8) is 0 Å². The van der Waals surface area contributed by atoms with Crippen LogP contribution in [0, 0.1) is 0 Å². The van der Waals surface area contributed by atoms with Crippen LogP contribution in [0.25, 0.3) is 0 Å². The molecular formula is C54H94NO9P. The summed E-state index contributed by atoms with van der Waals surface area (Å²) < 4.78 is 33.4. The molecule has 65 heavy (non-hydrogen) atoms. The van der Waals surface area contributed by atoms with Gasteiger partial charge in [0.1, 0.15) is 12.1 Å². The molecule has 3 atom stereocenters. The summed E-state index contributed by atoms with van der Waals surface area (Å²) >= 11 is 0. The fraction of sp³-hybridized carbons (Fsp3) is 0.704. The number of hydrogen-bond donors (Lipinski definition) is 3. The molecule has 0 saturated heterocycles. The highest BCUT2D eigenvalue weighted by Gasteiger charge is 2.27. The van der Waals surface area contributed by atoms with Gasteiger partial charge in [-0.3, -0.25) is 18.6 Å². The van der Waals surface area contributed by atoms with Crippen molar-refractivity contribution in [3.05, 3.63) is 85.1 Å². The second-order valence-corrected chi connectivity index (χ2v) is 18.4. The van der Waals surface area contributed by atoms with Gasteiger partial charge in [0.15, 0.2) is 0 Å². The third-order valence-electron chi connectivity index (χ3n) is 10.7. The van der Waals surface area contributed by atoms with E-state index in [0.29, 0.717) is 13.0 Å². The number of carbonyl (C=O) groups excluding carboxylic acids is 1. The number of aliphatic carboxylic acids is 1. The average Bonchev–Trinajstić information content (AvgIpc) is 3.29. The number of carboxylic acid groups (broad SMARTS) is 1. The summed E-state index contributed by atoms with van der Waals surface area (Å²) in [5, 5.41) is 8.93. The van der Waals surface area contributed by atoms with Crippen molar-refractivity contribution in [2.24, 2.45) is 5.73 Å². The molecule has 0 aromatic carbocycles. The average molecular weight is 932 g/mol. The number of allylic oxidation sites excluding steroid dienone is 14. The van der Waals surface area contributed by atoms with Crippen LogP contribution >= 0.6 is 7.82 Å². The Kier molecular flexibility index (Phi) is 46.9. The Hall–Kier alpha value is -2.85. The van der Waals surface area contributed by atoms with Gasteiger partial charge in [0.2, 0.25) is 0 Å². The lowest BCUT2D eigenvalue weighted by Crippen LogP contribution is -2.34. The maximum absolute atomic E-state index is 12.7. The number of nitrogens with two attached hydrogens (primary N) is 1. The van der Waals surface area contributed by atoms with Gasteiger partial charge in [0, 0.05) is 13.0 Å². The molecule has 3 unspecified atom stereocenters. The van der Waals surface area contributed by atoms with Gasteiger partial charge in [-0.05, 0) is 83.5 Å². The minimum Gasteiger partial charge on any atom is -0.480 e. The summed E-state index contributed by atoms with van der Waals surface area (Å²) in [6.07, 6.45) is 63.7. The Bertz CT molecular complexity index is 1360. The molecule has 374 valence electrons. The molecule has 0 aromatic rings. The first-order valence-electron chi connectivity index (χ1n) is 25.6. The minimum absolute atomic E-state index is 0.0272. The van der Waals surface area contributed by atoms with E-state index in [-0.39, 0.29) is 13.0 Å². The zero-order valence-electron chi connectivity index (χ0n) is 41.1. The molecular weight excluding hydrogens is 838 g/mol. The lowest BCUT2D eigenvalue weighted by Gasteiger charge is -2.20. The predicted octanol–water partition coefficient (Wildman–Crippen LogP) is 15.1. The van der Waals surface area contributed by atoms with Crippen molar-refractivity contribution < 1.29 is 42.7 Å². The Balaban J connectivity index is 4.24. The fourth-order valence-corrected chi connectivity index (χ4v) is 7.51. The largest absolute Gasteiger partial charge is 0.480 e. The third-order valence-corrected chi connectivity index (χ3v) is 11.6. The highest BCUT2D eigenvalue weighted by atomic mass is 31.2. The fourth-order valence-electron chi connectivity index (χ4n) is 6.73. The van der Waals surface area contributed by atoms with E-state index in [0.717, 1.165) is 70.6 Å². The first kappa shape index (κ1) is 62.1. The lowest BCUT2D eigenvalue weighted by atomic mass is 10.0. The normalized spacial score (nSPS) is 14.4. The number of rotatable bonds is 48. The molecule has 11 heteroatoms. The molecule has 0 rings (SSSR count). The monoisotopic (exact) mass is 932 g/mol. The van der Waals surface area contributed by atoms with E-state index >= 15 is 0 Å². The van der Waals surface area contributed by atoms with Crippen LogP contribution in [-0.4, -0.2) is 60.5 Å². The molecule has 0 saturated carbocycles. The van der Waals surface area contributed by atoms with Crippen molar-refractivity contribution in [1.29, 1.82) is 0 Å². The number of ether oxygens (including phenoxy) is 2. The van der Waals surface area contributed by atoms with Gasteiger partial charge in [-0.15, -0.1) is 0 Å². The molecule has 10 nitrogen and oxygen atoms in total. The second-order valence-electron chi connectivity index (χ2n) is 16.9. The molecule has 0 amide bonds. The van der Waals surface area contributed by atoms with Crippen LogP contribution < -0.4 is 5.73 Å². The van der Waals surface area contributed by atoms with Gasteiger partial charge in [0.25, 0.3) is 0 Å². The Morgan fingerprint density at radius 2 is 0.892 bits per heavy atom. The van der Waals surface area contributed by atoms with Crippen molar-refractivity contribution in [1.82, 2.24) is 0 Å². The molecule has 0 aliphatic carbocycles. The molecule has 0 spiro atoms. The highest BCUT2D eigenvalue weighted by Crippen LogP contribution is 2.43. The Morgan fingerprint density at radius 1 is 0.508 bits per heavy atom. The third kappa shape index (κ3) is 48.9. The smallest absolute Gasteiger partial charge is 0.472 e. The molecule has 0 aromatic heterocycles. The van der Waals surface area contributed by atoms with E-state index in [1.54, 1.807) is 0 Å². The van der Waals surface area contributed by atoms with Crippen LogP contribution in [0.15, 0.2) is 85.1 Å². The first-order valence-corrected chi connectivity index (χ1v) is 27.1. The van der Waals surface area contributed by atoms with Gasteiger partial charge in [0.05, 0.1) is 19.8 Å². The maximum atomic E-state index is 12.7. The summed E-state index contributed by atoms with van der Waals surface area (Å²) in [5.74, 6) is -1.81. The SMILES string of the molecule is CC/C=C\C/C=C\C/C=C\C/C=C\C/C=C\C/C=C\CCCOCC(COP(=O)(O)OCC(N)C(=O)O)OC(=O)CCCCCCCCCCCCC/C=C\CCCCCCCCCC. The van der Waals surface area contributed by atoms with Gasteiger partial charge in [-0.1, -0.05) is 202 Å². The predicted molar refractivity (Wildman–Crippen MR) is 272 cm³/mol. The van der Waals surface area contributed by atoms with Crippen molar-refractivity contribution in [2.45, 2.75) is 219 Å². The zero-order chi connectivity index (χ0) is 47.6. The summed E-state index contributed by atoms with van der Waals surface area (Å²) in [7, 11) is -4.64. The van der Waals surface area contributed by atoms with Crippen LogP contribution in [0.1, 0.15) is 206 Å². The van der Waals surface area contributed by atoms with Crippen LogP contribution in [0.5, 0.6) is 0 Å². The van der Waals surface area contributed by atoms with Crippen molar-refractivity contribution in [2.75, 3.05) is 26.4 Å². The highest BCUT2D eigenvalue weighted by molar-refractivity contribution is 7.47. The van der Waals surface area contributed by atoms with Gasteiger partial charge in [-0.25, -0.2) is 4.57 Å². The maximum Gasteiger partial charge on any atom is 0.472 e. The van der Waals surface area contributed by atoms with Crippen molar-refractivity contribution >= 4 is 19.8 Å². The van der Waals surface area contributed by atoms with Crippen LogP contribution in [0.4, 0.5) is 0 Å². The number of unbranched alkanes of at least 4 members (excludes halogenated alkanes) is 20. The topological polar surface area (TPSA) is 155 Å². The summed E-state index contributed by atoms with van der Waals surface area (Å²) in [6, 6.07) is -1.49. The molecule has 4 N–H and O–H groups in total. The molecule has 0 aliphatic heterocycles. The van der Waals surface area contributed by atoms with Gasteiger partial charge >= 0.3 is 19.8 Å². The van der Waals surface area contributed by atoms with E-state index in [1.807, 2.05) is 0 Å². The van der Waals surface area contributed by atoms with Gasteiger partial charge < -0.3 is 25.2 Å². The number of hydrogen-bond acceptors (Lipinski definition) is 8. The van der Waals surface area contributed by atoms with E-state index in [1.165, 1.54) is 109 Å². The molecule has 0 heterocycles.